The van der Waals surface area contributed by atoms with Crippen LogP contribution in [0.15, 0.2) is 97.8 Å². The first-order valence-electron chi connectivity index (χ1n) is 43.6. The van der Waals surface area contributed by atoms with Crippen molar-refractivity contribution in [1.82, 2.24) is 76.8 Å². The van der Waals surface area contributed by atoms with Crippen molar-refractivity contribution in [2.75, 3.05) is 64.0 Å². The molecular weight excluding hydrogens is 2190 g/mol. The molecule has 7 aliphatic heterocycles. The zero-order chi connectivity index (χ0) is 104. The smallest absolute Gasteiger partial charge is 0.351 e. The Hall–Kier alpha value is -6.14. The van der Waals surface area contributed by atoms with Crippen LogP contribution in [-0.2, 0) is 179 Å². The number of aryl methyl sites for hydroxylation is 6. The van der Waals surface area contributed by atoms with Gasteiger partial charge in [0, 0.05) is 123 Å². The van der Waals surface area contributed by atoms with E-state index in [4.69, 9.17) is 196 Å². The molecule has 0 aromatic carbocycles. The molecule has 144 heavy (non-hydrogen) atoms. The van der Waals surface area contributed by atoms with E-state index in [2.05, 4.69) is 44.9 Å². The summed E-state index contributed by atoms with van der Waals surface area (Å²) in [5, 5.41) is 0. The van der Waals surface area contributed by atoms with Crippen LogP contribution >= 0.6 is 47.0 Å². The summed E-state index contributed by atoms with van der Waals surface area (Å²) >= 11 is 38.8. The maximum Gasteiger partial charge on any atom is 0.351 e. The molecule has 7 aliphatic rings. The van der Waals surface area contributed by atoms with Crippen molar-refractivity contribution in [2.45, 2.75) is 235 Å². The van der Waals surface area contributed by atoms with Gasteiger partial charge in [-0.3, -0.25) is 71.1 Å². The lowest BCUT2D eigenvalue weighted by Gasteiger charge is -2.29. The minimum absolute atomic E-state index is 0.00297. The van der Waals surface area contributed by atoms with E-state index < -0.39 is 285 Å². The van der Waals surface area contributed by atoms with Gasteiger partial charge in [0.15, 0.2) is 11.5 Å². The maximum absolute atomic E-state index is 13.6. The monoisotopic (exact) mass is 2290 g/mol. The Morgan fingerprint density at radius 1 is 0.340 bits per heavy atom. The third-order valence-corrected chi connectivity index (χ3v) is 35.1. The molecule has 0 radical (unpaired) electrons. The summed E-state index contributed by atoms with van der Waals surface area (Å²) in [4.78, 5) is 243. The average molecular weight is 2290 g/mol. The number of fused-ring (bicyclic) bond motifs is 1. The topological polar surface area (TPSA) is 746 Å². The molecule has 71 heteroatoms. The molecule has 28 atom stereocenters. The molecule has 8 aromatic heterocycles. The summed E-state index contributed by atoms with van der Waals surface area (Å²) in [6.07, 6.45) is -18.4. The van der Waals surface area contributed by atoms with Crippen LogP contribution in [-0.4, -0.2) is 243 Å². The molecule has 0 bridgehead atoms. The van der Waals surface area contributed by atoms with Gasteiger partial charge in [0.1, 0.15) is 104 Å². The highest BCUT2D eigenvalue weighted by Crippen LogP contribution is 2.59. The summed E-state index contributed by atoms with van der Waals surface area (Å²) in [5.41, 5.74) is 11.1. The zero-order valence-electron chi connectivity index (χ0n) is 76.7. The second-order valence-electron chi connectivity index (χ2n) is 34.1. The number of nitrogens with one attached hydrogen (secondary N) is 4. The molecule has 15 rings (SSSR count). The Kier molecular flexibility index (Phi) is 35.3. The number of hydrogen-bond acceptors (Lipinski definition) is 46. The lowest BCUT2D eigenvalue weighted by atomic mass is 10.1. The van der Waals surface area contributed by atoms with Crippen LogP contribution in [0.1, 0.15) is 142 Å². The lowest BCUT2D eigenvalue weighted by Crippen LogP contribution is -2.33. The number of rotatable bonds is 42. The van der Waals surface area contributed by atoms with Crippen molar-refractivity contribution < 1.29 is 131 Å². The Morgan fingerprint density at radius 2 is 0.576 bits per heavy atom. The first kappa shape index (κ1) is 112. The van der Waals surface area contributed by atoms with E-state index in [9.17, 15) is 82.2 Å². The molecule has 14 unspecified atom stereocenters. The van der Waals surface area contributed by atoms with E-state index in [-0.39, 0.29) is 83.0 Å². The highest BCUT2D eigenvalue weighted by Gasteiger charge is 2.52. The molecule has 17 N–H and O–H groups in total. The number of anilines is 3. The van der Waals surface area contributed by atoms with Gasteiger partial charge >= 0.3 is 81.2 Å². The number of H-pyrrole nitrogens is 4. The standard InChI is InChI=1S/C73H100N19O38P7S7/c1-9-10-38-39(11-52(117-38)86-18-32(2)60(74)80-68(86)97)125-132(104,139)111-25-47-41(13-54(119-47)88-20-34(4)64(93)82-70(88)99)127-134(106,141)113-26-48-43(15-56(120-48)90-22-36(6)66(95)84-72(90)101)128-135(107,142)114-27-49-44(16-57(121-49)91-23-37(7)67(96)85-73(91)102)129-136(108,143)116-29-51-45(17-58(123-51)92-31-79-59-62(76)77-30-78-63(59)92)130-137(109,144)115-28-50-42(14-55(122-50)89-21-35(5)65(94)83-71(89)100)126-133(105,140)112-24-46-40(124-131(103,138)110-8)12-53(118-46)87-19-33(3)61(75)81-69(87)98/h18-23,30-31,38-58H,9-17,24-29H2,1-8H3,(H,103,138)(H,104,139)(H,105,140)(H,106,141)(H,107,142)(H,108,143)(H,109,144)(H2,74,80,97)(H2,75,81,98)(H2,76,77,78)(H,82,93,99)(H,83,94,100)(H,84,95,101)(H,85,96,102)/t38-,39?,40?,41?,42?,43?,44?,45?,46-,47-,48-,49-,50-,51-,52-,53-,54-,55-,56-,57-,58-,131?,132?,133?,134?,135?,136?,137?/m1/s1. The van der Waals surface area contributed by atoms with Gasteiger partial charge in [-0.15, -0.1) is 0 Å². The molecule has 0 amide bonds. The largest absolute Gasteiger partial charge is 0.383 e. The number of nitrogens with two attached hydrogens (primary N) is 3. The van der Waals surface area contributed by atoms with Gasteiger partial charge in [0.25, 0.3) is 22.2 Å². The summed E-state index contributed by atoms with van der Waals surface area (Å²) < 4.78 is 135. The fourth-order valence-corrected chi connectivity index (χ4v) is 26.4. The predicted octanol–water partition coefficient (Wildman–Crippen LogP) is 0.911. The molecule has 7 saturated heterocycles. The van der Waals surface area contributed by atoms with E-state index in [0.717, 1.165) is 42.5 Å². The number of nitrogen functional groups attached to an aromatic ring is 3. The van der Waals surface area contributed by atoms with E-state index in [1.807, 2.05) is 6.92 Å². The predicted molar refractivity (Wildman–Crippen MR) is 526 cm³/mol. The molecular formula is C73H100N19O38P7S7. The lowest BCUT2D eigenvalue weighted by molar-refractivity contribution is -0.0578. The third-order valence-electron chi connectivity index (χ3n) is 23.8. The normalized spacial score (nSPS) is 29.6. The van der Waals surface area contributed by atoms with Gasteiger partial charge in [-0.2, -0.15) is 9.97 Å². The maximum atomic E-state index is 13.6. The molecule has 57 nitrogen and oxygen atoms in total. The van der Waals surface area contributed by atoms with Crippen molar-refractivity contribution in [3.63, 3.8) is 0 Å². The summed E-state index contributed by atoms with van der Waals surface area (Å²) in [6, 6.07) is 0. The van der Waals surface area contributed by atoms with Crippen LogP contribution in [0.4, 0.5) is 17.5 Å². The Morgan fingerprint density at radius 3 is 0.840 bits per heavy atom. The van der Waals surface area contributed by atoms with E-state index in [1.165, 1.54) is 74.1 Å². The Balaban J connectivity index is 0.636. The molecule has 792 valence electrons. The van der Waals surface area contributed by atoms with Crippen LogP contribution in [0.25, 0.3) is 11.2 Å². The summed E-state index contributed by atoms with van der Waals surface area (Å²) in [7, 11) is 1.11. The molecule has 0 saturated carbocycles. The average Bonchev–Trinajstić information content (AvgIpc) is 1.63. The van der Waals surface area contributed by atoms with E-state index in [0.29, 0.717) is 24.0 Å². The van der Waals surface area contributed by atoms with Gasteiger partial charge in [-0.05, 0) is 131 Å². The molecule has 0 spiro atoms. The minimum atomic E-state index is -4.78. The van der Waals surface area contributed by atoms with Crippen molar-refractivity contribution in [3.05, 3.63) is 188 Å². The second-order valence-corrected chi connectivity index (χ2v) is 53.7. The highest BCUT2D eigenvalue weighted by atomic mass is 32.5. The van der Waals surface area contributed by atoms with E-state index >= 15 is 0 Å². The van der Waals surface area contributed by atoms with Crippen LogP contribution in [0.3, 0.4) is 0 Å². The Labute approximate surface area is 847 Å². The second kappa shape index (κ2) is 45.4. The summed E-state index contributed by atoms with van der Waals surface area (Å²) in [5.74, 6) is -0.0569. The number of aromatic amines is 4. The molecule has 15 heterocycles. The first-order valence-corrected chi connectivity index (χ1v) is 61.7. The number of hydrogen-bond donors (Lipinski definition) is 14. The van der Waals surface area contributed by atoms with Crippen molar-refractivity contribution in [2.24, 2.45) is 0 Å². The highest BCUT2D eigenvalue weighted by molar-refractivity contribution is 8.09. The fourth-order valence-electron chi connectivity index (χ4n) is 16.6. The Bertz CT molecular complexity index is 7200. The van der Waals surface area contributed by atoms with Crippen molar-refractivity contribution >= 4 is 158 Å². The summed E-state index contributed by atoms with van der Waals surface area (Å²) in [6.45, 7) is -25.7. The third kappa shape index (κ3) is 27.1. The fraction of sp³-hybridized carbons (Fsp3) is 0.603. The van der Waals surface area contributed by atoms with Crippen LogP contribution in [0.2, 0.25) is 0 Å². The molecule has 7 fully saturated rings. The molecule has 8 aromatic rings. The number of nitrogens with zero attached hydrogens (tertiary/aromatic N) is 12. The number of ether oxygens (including phenoxy) is 7. The SMILES string of the molecule is CCC[C@H]1O[C@@H](n2cc(C)c(N)nc2=O)CC1OP(O)(=S)OC[C@H]1O[C@@H](n2cc(C)c(=O)[nH]c2=O)CC1OP(O)(=S)OC[C@H]1O[C@@H](n2cc(C)c(=O)[nH]c2=O)CC1OP(O)(=S)OC[C@H]1O[C@@H](n2cc(C)c(=O)[nH]c2=O)CC1OP(O)(=S)OC[C@H]1O[C@@H](n2cnc3c(N)ncnc32)CC1OP(O)(=S)OC[C@H]1O[C@@H](n2cc(C)c(=O)[nH]c2=O)CC1OP(O)(=S)OC[C@H]1O[C@@H](n2cc(C)c(N)nc2=O)CC1OP(O)(=S)OC. The van der Waals surface area contributed by atoms with Crippen LogP contribution in [0.5, 0.6) is 0 Å². The van der Waals surface area contributed by atoms with Crippen LogP contribution < -0.4 is 73.6 Å². The van der Waals surface area contributed by atoms with Gasteiger partial charge in [0.2, 0.25) is 0 Å². The van der Waals surface area contributed by atoms with Gasteiger partial charge in [-0.1, -0.05) is 13.3 Å². The number of imidazole rings is 1. The quantitative estimate of drug-likeness (QED) is 0.0236. The van der Waals surface area contributed by atoms with Crippen molar-refractivity contribution in [1.29, 1.82) is 0 Å². The molecule has 0 aliphatic carbocycles. The van der Waals surface area contributed by atoms with Crippen LogP contribution in [0, 0.1) is 41.5 Å². The number of aromatic nitrogens is 16. The van der Waals surface area contributed by atoms with Gasteiger partial charge in [0.05, 0.1) is 94.8 Å². The minimum Gasteiger partial charge on any atom is -0.383 e. The van der Waals surface area contributed by atoms with Gasteiger partial charge in [-0.25, -0.2) is 43.7 Å². The first-order chi connectivity index (χ1) is 67.6. The zero-order valence-corrected chi connectivity index (χ0v) is 88.7. The van der Waals surface area contributed by atoms with E-state index in [1.54, 1.807) is 13.8 Å². The van der Waals surface area contributed by atoms with Gasteiger partial charge < -0.3 is 148 Å². The van der Waals surface area contributed by atoms with Crippen molar-refractivity contribution in [3.8, 4) is 0 Å².